The zero-order valence-corrected chi connectivity index (χ0v) is 9.99. The van der Waals surface area contributed by atoms with Gasteiger partial charge < -0.3 is 20.7 Å². The summed E-state index contributed by atoms with van der Waals surface area (Å²) in [6.45, 7) is 1.16. The van der Waals surface area contributed by atoms with Crippen molar-refractivity contribution in [2.75, 3.05) is 44.5 Å². The van der Waals surface area contributed by atoms with Crippen molar-refractivity contribution in [2.45, 2.75) is 0 Å². The third kappa shape index (κ3) is 5.12. The van der Waals surface area contributed by atoms with Gasteiger partial charge in [0.25, 0.3) is 0 Å². The van der Waals surface area contributed by atoms with Gasteiger partial charge in [-0.15, -0.1) is 0 Å². The van der Waals surface area contributed by atoms with Crippen molar-refractivity contribution in [1.82, 2.24) is 15.3 Å². The molecule has 0 fully saturated rings. The number of methoxy groups -OCH3 is 1. The molecule has 0 unspecified atom stereocenters. The van der Waals surface area contributed by atoms with Crippen molar-refractivity contribution in [1.29, 1.82) is 0 Å². The molecule has 7 heteroatoms. The minimum atomic E-state index is -0.112. The van der Waals surface area contributed by atoms with Crippen molar-refractivity contribution in [3.05, 3.63) is 12.4 Å². The fourth-order valence-electron chi connectivity index (χ4n) is 1.10. The molecule has 3 N–H and O–H groups in total. The van der Waals surface area contributed by atoms with Gasteiger partial charge in [-0.2, -0.15) is 0 Å². The Kier molecular flexibility index (Phi) is 5.73. The van der Waals surface area contributed by atoms with E-state index in [1.54, 1.807) is 26.6 Å². The van der Waals surface area contributed by atoms with Crippen molar-refractivity contribution in [3.8, 4) is 0 Å². The molecule has 0 bridgehead atoms. The Morgan fingerprint density at radius 1 is 1.41 bits per heavy atom. The second-order valence-corrected chi connectivity index (χ2v) is 3.24. The van der Waals surface area contributed by atoms with Crippen LogP contribution in [0, 0.1) is 0 Å². The molecule has 0 aromatic carbocycles. The molecule has 1 amide bonds. The van der Waals surface area contributed by atoms with Gasteiger partial charge in [0.1, 0.15) is 11.6 Å². The van der Waals surface area contributed by atoms with E-state index in [-0.39, 0.29) is 12.5 Å². The number of hydrogen-bond acceptors (Lipinski definition) is 6. The molecule has 0 radical (unpaired) electrons. The number of carbonyl (C=O) groups is 1. The van der Waals surface area contributed by atoms with Crippen LogP contribution in [-0.2, 0) is 9.53 Å². The summed E-state index contributed by atoms with van der Waals surface area (Å²) in [5, 5.41) is 8.44. The molecular formula is C10H17N5O2. The maximum absolute atomic E-state index is 11.4. The van der Waals surface area contributed by atoms with Gasteiger partial charge in [-0.1, -0.05) is 0 Å². The lowest BCUT2D eigenvalue weighted by atomic mass is 10.5. The van der Waals surface area contributed by atoms with Gasteiger partial charge in [-0.25, -0.2) is 4.98 Å². The first kappa shape index (κ1) is 13.2. The van der Waals surface area contributed by atoms with E-state index in [4.69, 9.17) is 4.74 Å². The topological polar surface area (TPSA) is 88.2 Å². The van der Waals surface area contributed by atoms with Gasteiger partial charge in [0.15, 0.2) is 0 Å². The largest absolute Gasteiger partial charge is 0.383 e. The monoisotopic (exact) mass is 239 g/mol. The summed E-state index contributed by atoms with van der Waals surface area (Å²) in [6.07, 6.45) is 3.16. The van der Waals surface area contributed by atoms with E-state index in [1.807, 2.05) is 0 Å². The van der Waals surface area contributed by atoms with Gasteiger partial charge in [0.05, 0.1) is 25.5 Å². The number of amides is 1. The first-order valence-corrected chi connectivity index (χ1v) is 5.25. The average molecular weight is 239 g/mol. The lowest BCUT2D eigenvalue weighted by Gasteiger charge is -2.07. The highest BCUT2D eigenvalue weighted by atomic mass is 16.5. The van der Waals surface area contributed by atoms with E-state index in [9.17, 15) is 4.79 Å². The molecule has 1 aromatic heterocycles. The lowest BCUT2D eigenvalue weighted by molar-refractivity contribution is -0.119. The van der Waals surface area contributed by atoms with Crippen LogP contribution < -0.4 is 16.0 Å². The fourth-order valence-corrected chi connectivity index (χ4v) is 1.10. The number of nitrogens with zero attached hydrogens (tertiary/aromatic N) is 2. The highest BCUT2D eigenvalue weighted by Crippen LogP contribution is 2.04. The van der Waals surface area contributed by atoms with E-state index in [1.165, 1.54) is 0 Å². The molecule has 0 aliphatic carbocycles. The third-order valence-corrected chi connectivity index (χ3v) is 1.95. The summed E-state index contributed by atoms with van der Waals surface area (Å²) in [4.78, 5) is 19.5. The molecule has 0 atom stereocenters. The predicted octanol–water partition coefficient (Wildman–Crippen LogP) is -0.307. The average Bonchev–Trinajstić information content (AvgIpc) is 2.37. The Morgan fingerprint density at radius 2 is 2.18 bits per heavy atom. The summed E-state index contributed by atoms with van der Waals surface area (Å²) in [7, 11) is 3.34. The van der Waals surface area contributed by atoms with E-state index in [0.29, 0.717) is 24.8 Å². The second kappa shape index (κ2) is 7.39. The van der Waals surface area contributed by atoms with E-state index in [0.717, 1.165) is 0 Å². The Morgan fingerprint density at radius 3 is 2.88 bits per heavy atom. The third-order valence-electron chi connectivity index (χ3n) is 1.95. The molecule has 7 nitrogen and oxygen atoms in total. The van der Waals surface area contributed by atoms with Crippen LogP contribution in [0.4, 0.5) is 11.6 Å². The fraction of sp³-hybridized carbons (Fsp3) is 0.500. The Hall–Kier alpha value is -1.89. The molecule has 0 saturated heterocycles. The second-order valence-electron chi connectivity index (χ2n) is 3.24. The van der Waals surface area contributed by atoms with Crippen LogP contribution in [0.3, 0.4) is 0 Å². The number of ether oxygens (including phenoxy) is 1. The summed E-state index contributed by atoms with van der Waals surface area (Å²) in [5.74, 6) is 1.09. The number of nitrogens with one attached hydrogen (secondary N) is 3. The lowest BCUT2D eigenvalue weighted by Crippen LogP contribution is -2.32. The zero-order chi connectivity index (χ0) is 12.5. The Labute approximate surface area is 100.0 Å². The smallest absolute Gasteiger partial charge is 0.239 e. The highest BCUT2D eigenvalue weighted by molar-refractivity contribution is 5.80. The van der Waals surface area contributed by atoms with Gasteiger partial charge in [0.2, 0.25) is 5.91 Å². The van der Waals surface area contributed by atoms with Gasteiger partial charge in [-0.05, 0) is 0 Å². The number of hydrogen-bond donors (Lipinski definition) is 3. The number of carbonyl (C=O) groups excluding carboxylic acids is 1. The maximum Gasteiger partial charge on any atom is 0.239 e. The minimum absolute atomic E-state index is 0.112. The van der Waals surface area contributed by atoms with Crippen molar-refractivity contribution in [3.63, 3.8) is 0 Å². The predicted molar refractivity (Wildman–Crippen MR) is 65.0 cm³/mol. The first-order valence-electron chi connectivity index (χ1n) is 5.25. The van der Waals surface area contributed by atoms with Crippen molar-refractivity contribution in [2.24, 2.45) is 0 Å². The van der Waals surface area contributed by atoms with Crippen LogP contribution in [0.15, 0.2) is 12.4 Å². The first-order chi connectivity index (χ1) is 8.26. The van der Waals surface area contributed by atoms with Crippen molar-refractivity contribution < 1.29 is 9.53 Å². The van der Waals surface area contributed by atoms with Crippen LogP contribution in [0.25, 0.3) is 0 Å². The Bertz CT molecular complexity index is 358. The van der Waals surface area contributed by atoms with E-state index < -0.39 is 0 Å². The molecule has 0 aliphatic heterocycles. The number of rotatable bonds is 7. The quantitative estimate of drug-likeness (QED) is 0.566. The molecule has 1 aromatic rings. The van der Waals surface area contributed by atoms with Crippen LogP contribution in [-0.4, -0.2) is 49.7 Å². The number of anilines is 2. The molecule has 0 saturated carbocycles. The normalized spacial score (nSPS) is 9.76. The van der Waals surface area contributed by atoms with Crippen LogP contribution in [0.1, 0.15) is 0 Å². The van der Waals surface area contributed by atoms with E-state index in [2.05, 4.69) is 25.9 Å². The molecular weight excluding hydrogens is 222 g/mol. The summed E-state index contributed by atoms with van der Waals surface area (Å²) >= 11 is 0. The summed E-state index contributed by atoms with van der Waals surface area (Å²) in [6, 6.07) is 0. The molecule has 94 valence electrons. The number of aromatic nitrogens is 2. The maximum atomic E-state index is 11.4. The highest BCUT2D eigenvalue weighted by Gasteiger charge is 2.01. The van der Waals surface area contributed by atoms with E-state index >= 15 is 0 Å². The SMILES string of the molecule is CNc1cncc(NCC(=O)NCCOC)n1. The van der Waals surface area contributed by atoms with Crippen LogP contribution in [0.2, 0.25) is 0 Å². The van der Waals surface area contributed by atoms with Gasteiger partial charge in [-0.3, -0.25) is 9.78 Å². The van der Waals surface area contributed by atoms with Crippen LogP contribution >= 0.6 is 0 Å². The van der Waals surface area contributed by atoms with Gasteiger partial charge in [0, 0.05) is 20.7 Å². The molecule has 0 spiro atoms. The molecule has 17 heavy (non-hydrogen) atoms. The molecule has 1 heterocycles. The zero-order valence-electron chi connectivity index (χ0n) is 9.99. The summed E-state index contributed by atoms with van der Waals surface area (Å²) in [5.41, 5.74) is 0. The van der Waals surface area contributed by atoms with Gasteiger partial charge >= 0.3 is 0 Å². The van der Waals surface area contributed by atoms with Crippen molar-refractivity contribution >= 4 is 17.5 Å². The Balaban J connectivity index is 2.31. The molecule has 0 aliphatic rings. The van der Waals surface area contributed by atoms with Crippen LogP contribution in [0.5, 0.6) is 0 Å². The standard InChI is InChI=1S/C10H17N5O2/c1-11-8-5-12-6-9(15-8)14-7-10(16)13-3-4-17-2/h5-6H,3-4,7H2,1-2H3,(H,13,16)(H2,11,14,15). The molecule has 1 rings (SSSR count). The summed E-state index contributed by atoms with van der Waals surface area (Å²) < 4.78 is 4.82. The minimum Gasteiger partial charge on any atom is -0.383 e.